The zero-order valence-electron chi connectivity index (χ0n) is 14.8. The summed E-state index contributed by atoms with van der Waals surface area (Å²) in [6.45, 7) is -0.00441. The Morgan fingerprint density at radius 3 is 2.46 bits per heavy atom. The average molecular weight is 367 g/mol. The molecule has 6 heteroatoms. The highest BCUT2D eigenvalue weighted by atomic mass is 32.2. The fourth-order valence-electron chi connectivity index (χ4n) is 2.66. The van der Waals surface area contributed by atoms with Crippen LogP contribution in [0.5, 0.6) is 0 Å². The number of hydrogen-bond acceptors (Lipinski definition) is 4. The molecule has 0 spiro atoms. The number of thioether (sulfide) groups is 1. The molecular formula is C20H21N3O2S. The molecule has 2 aromatic rings. The second-order valence-corrected chi connectivity index (χ2v) is 7.01. The number of nitrogens with zero attached hydrogens (tertiary/aromatic N) is 2. The Balaban J connectivity index is 1.71. The Kier molecular flexibility index (Phi) is 5.63. The lowest BCUT2D eigenvalue weighted by molar-refractivity contribution is -0.129. The maximum Gasteiger partial charge on any atom is 0.244 e. The SMILES string of the molecule is CN(C)c1ccc(NC(=O)CN2C(=O)CSC=C2c2ccccc2)cc1. The van der Waals surface area contributed by atoms with Crippen LogP contribution in [0.15, 0.2) is 60.0 Å². The van der Waals surface area contributed by atoms with E-state index < -0.39 is 0 Å². The number of anilines is 2. The fraction of sp³-hybridized carbons (Fsp3) is 0.200. The van der Waals surface area contributed by atoms with Crippen molar-refractivity contribution in [3.05, 3.63) is 65.6 Å². The van der Waals surface area contributed by atoms with Crippen molar-refractivity contribution in [3.63, 3.8) is 0 Å². The Bertz CT molecular complexity index is 817. The van der Waals surface area contributed by atoms with Crippen molar-refractivity contribution >= 4 is 40.6 Å². The molecular weight excluding hydrogens is 346 g/mol. The predicted molar refractivity (Wildman–Crippen MR) is 108 cm³/mol. The summed E-state index contributed by atoms with van der Waals surface area (Å²) >= 11 is 1.46. The van der Waals surface area contributed by atoms with Crippen LogP contribution in [0.2, 0.25) is 0 Å². The van der Waals surface area contributed by atoms with Gasteiger partial charge in [-0.15, -0.1) is 11.8 Å². The van der Waals surface area contributed by atoms with Crippen molar-refractivity contribution < 1.29 is 9.59 Å². The maximum absolute atomic E-state index is 12.5. The van der Waals surface area contributed by atoms with Crippen molar-refractivity contribution in [1.29, 1.82) is 0 Å². The summed E-state index contributed by atoms with van der Waals surface area (Å²) in [5.74, 6) is 0.0698. The molecule has 134 valence electrons. The summed E-state index contributed by atoms with van der Waals surface area (Å²) in [5, 5.41) is 4.80. The van der Waals surface area contributed by atoms with E-state index in [9.17, 15) is 9.59 Å². The molecule has 1 heterocycles. The number of amides is 2. The quantitative estimate of drug-likeness (QED) is 0.881. The Labute approximate surface area is 157 Å². The van der Waals surface area contributed by atoms with E-state index in [4.69, 9.17) is 0 Å². The summed E-state index contributed by atoms with van der Waals surface area (Å²) in [7, 11) is 3.93. The van der Waals surface area contributed by atoms with Crippen molar-refractivity contribution in [3.8, 4) is 0 Å². The fourth-order valence-corrected chi connectivity index (χ4v) is 3.46. The lowest BCUT2D eigenvalue weighted by Crippen LogP contribution is -2.39. The minimum atomic E-state index is -0.218. The largest absolute Gasteiger partial charge is 0.378 e. The summed E-state index contributed by atoms with van der Waals surface area (Å²) in [4.78, 5) is 28.4. The van der Waals surface area contributed by atoms with Gasteiger partial charge in [-0.1, -0.05) is 30.3 Å². The van der Waals surface area contributed by atoms with Crippen LogP contribution in [0.25, 0.3) is 5.70 Å². The topological polar surface area (TPSA) is 52.7 Å². The Hall–Kier alpha value is -2.73. The second-order valence-electron chi connectivity index (χ2n) is 6.15. The number of hydrogen-bond donors (Lipinski definition) is 1. The summed E-state index contributed by atoms with van der Waals surface area (Å²) in [6.07, 6.45) is 0. The average Bonchev–Trinajstić information content (AvgIpc) is 2.64. The molecule has 0 radical (unpaired) electrons. The third kappa shape index (κ3) is 4.26. The maximum atomic E-state index is 12.5. The smallest absolute Gasteiger partial charge is 0.244 e. The molecule has 3 rings (SSSR count). The van der Waals surface area contributed by atoms with Gasteiger partial charge in [0, 0.05) is 25.5 Å². The molecule has 2 aromatic carbocycles. The molecule has 0 unspecified atom stereocenters. The van der Waals surface area contributed by atoms with Gasteiger partial charge < -0.3 is 15.1 Å². The van der Waals surface area contributed by atoms with Gasteiger partial charge in [-0.25, -0.2) is 0 Å². The van der Waals surface area contributed by atoms with Gasteiger partial charge in [-0.3, -0.25) is 9.59 Å². The van der Waals surface area contributed by atoms with Gasteiger partial charge in [0.1, 0.15) is 6.54 Å². The lowest BCUT2D eigenvalue weighted by Gasteiger charge is -2.28. The van der Waals surface area contributed by atoms with Crippen molar-refractivity contribution in [2.45, 2.75) is 0 Å². The van der Waals surface area contributed by atoms with E-state index in [0.29, 0.717) is 11.4 Å². The van der Waals surface area contributed by atoms with Crippen LogP contribution >= 0.6 is 11.8 Å². The van der Waals surface area contributed by atoms with Crippen LogP contribution in [-0.4, -0.2) is 43.1 Å². The van der Waals surface area contributed by atoms with E-state index in [0.717, 1.165) is 16.9 Å². The number of rotatable bonds is 5. The second kappa shape index (κ2) is 8.10. The first-order chi connectivity index (χ1) is 12.5. The highest BCUT2D eigenvalue weighted by molar-refractivity contribution is 8.03. The third-order valence-corrected chi connectivity index (χ3v) is 4.84. The first-order valence-corrected chi connectivity index (χ1v) is 9.34. The zero-order chi connectivity index (χ0) is 18.5. The van der Waals surface area contributed by atoms with E-state index in [-0.39, 0.29) is 18.4 Å². The number of carbonyl (C=O) groups excluding carboxylic acids is 2. The van der Waals surface area contributed by atoms with E-state index in [1.165, 1.54) is 11.8 Å². The monoisotopic (exact) mass is 367 g/mol. The van der Waals surface area contributed by atoms with Crippen LogP contribution < -0.4 is 10.2 Å². The number of carbonyl (C=O) groups is 2. The van der Waals surface area contributed by atoms with Gasteiger partial charge in [-0.2, -0.15) is 0 Å². The molecule has 1 N–H and O–H groups in total. The Morgan fingerprint density at radius 2 is 1.81 bits per heavy atom. The number of nitrogens with one attached hydrogen (secondary N) is 1. The van der Waals surface area contributed by atoms with Crippen LogP contribution in [0.4, 0.5) is 11.4 Å². The molecule has 0 saturated heterocycles. The zero-order valence-corrected chi connectivity index (χ0v) is 15.6. The summed E-state index contributed by atoms with van der Waals surface area (Å²) in [5.41, 5.74) is 3.46. The molecule has 0 bridgehead atoms. The Morgan fingerprint density at radius 1 is 1.12 bits per heavy atom. The third-order valence-electron chi connectivity index (χ3n) is 4.03. The van der Waals surface area contributed by atoms with Gasteiger partial charge in [0.05, 0.1) is 11.4 Å². The molecule has 0 saturated carbocycles. The van der Waals surface area contributed by atoms with Crippen molar-refractivity contribution in [2.24, 2.45) is 0 Å². The van der Waals surface area contributed by atoms with Crippen LogP contribution in [0.1, 0.15) is 5.56 Å². The molecule has 1 aliphatic rings. The molecule has 26 heavy (non-hydrogen) atoms. The lowest BCUT2D eigenvalue weighted by atomic mass is 10.1. The van der Waals surface area contributed by atoms with E-state index in [1.54, 1.807) is 4.90 Å². The van der Waals surface area contributed by atoms with Crippen LogP contribution in [0.3, 0.4) is 0 Å². The molecule has 0 aliphatic carbocycles. The molecule has 1 aliphatic heterocycles. The first kappa shape index (κ1) is 18.1. The van der Waals surface area contributed by atoms with Crippen molar-refractivity contribution in [2.75, 3.05) is 36.6 Å². The predicted octanol–water partition coefficient (Wildman–Crippen LogP) is 3.27. The van der Waals surface area contributed by atoms with Crippen LogP contribution in [-0.2, 0) is 9.59 Å². The van der Waals surface area contributed by atoms with Crippen LogP contribution in [0, 0.1) is 0 Å². The van der Waals surface area contributed by atoms with E-state index in [1.807, 2.05) is 79.0 Å². The van der Waals surface area contributed by atoms with E-state index in [2.05, 4.69) is 5.32 Å². The number of benzene rings is 2. The van der Waals surface area contributed by atoms with E-state index >= 15 is 0 Å². The van der Waals surface area contributed by atoms with Gasteiger partial charge in [-0.05, 0) is 35.2 Å². The standard InChI is InChI=1S/C20H21N3O2S/c1-22(2)17-10-8-16(9-11-17)21-19(24)12-23-18(13-26-14-20(23)25)15-6-4-3-5-7-15/h3-11,13H,12,14H2,1-2H3,(H,21,24). The molecule has 0 aromatic heterocycles. The summed E-state index contributed by atoms with van der Waals surface area (Å²) in [6, 6.07) is 17.2. The minimum Gasteiger partial charge on any atom is -0.378 e. The highest BCUT2D eigenvalue weighted by Crippen LogP contribution is 2.28. The molecule has 0 fully saturated rings. The van der Waals surface area contributed by atoms with Gasteiger partial charge in [0.25, 0.3) is 0 Å². The molecule has 2 amide bonds. The normalized spacial score (nSPS) is 14.0. The van der Waals surface area contributed by atoms with Gasteiger partial charge in [0.15, 0.2) is 0 Å². The first-order valence-electron chi connectivity index (χ1n) is 8.29. The minimum absolute atomic E-state index is 0.00441. The highest BCUT2D eigenvalue weighted by Gasteiger charge is 2.25. The van der Waals surface area contributed by atoms with Gasteiger partial charge in [0.2, 0.25) is 11.8 Å². The molecule has 5 nitrogen and oxygen atoms in total. The van der Waals surface area contributed by atoms with Crippen molar-refractivity contribution in [1.82, 2.24) is 4.90 Å². The summed E-state index contributed by atoms with van der Waals surface area (Å²) < 4.78 is 0. The molecule has 0 atom stereocenters. The van der Waals surface area contributed by atoms with Gasteiger partial charge >= 0.3 is 0 Å².